The number of hydrogen-bond donors (Lipinski definition) is 2. The molecule has 2 heterocycles. The highest BCUT2D eigenvalue weighted by Gasteiger charge is 2.39. The minimum absolute atomic E-state index is 0.186. The molecule has 23 heavy (non-hydrogen) atoms. The summed E-state index contributed by atoms with van der Waals surface area (Å²) in [6.07, 6.45) is 0. The number of rotatable bonds is 3. The van der Waals surface area contributed by atoms with Crippen LogP contribution in [0.25, 0.3) is 0 Å². The molecule has 5 nitrogen and oxygen atoms in total. The van der Waals surface area contributed by atoms with Gasteiger partial charge in [0.1, 0.15) is 10.5 Å². The Morgan fingerprint density at radius 1 is 1.26 bits per heavy atom. The van der Waals surface area contributed by atoms with Crippen molar-refractivity contribution in [3.8, 4) is 0 Å². The van der Waals surface area contributed by atoms with Gasteiger partial charge in [0.2, 0.25) is 0 Å². The SMILES string of the molecule is CCOC(=O)c1sc(C)c2c1N[C@](C)(c1ccccc1)NC2=O. The van der Waals surface area contributed by atoms with E-state index >= 15 is 0 Å². The number of amides is 1. The number of ether oxygens (including phenoxy) is 1. The summed E-state index contributed by atoms with van der Waals surface area (Å²) in [6.45, 7) is 5.77. The molecule has 1 aliphatic heterocycles. The molecule has 3 rings (SSSR count). The van der Waals surface area contributed by atoms with Crippen LogP contribution >= 0.6 is 11.3 Å². The van der Waals surface area contributed by atoms with Crippen molar-refractivity contribution in [3.05, 3.63) is 51.2 Å². The standard InChI is InChI=1S/C17H18N2O3S/c1-4-22-16(21)14-13-12(10(2)23-14)15(20)19-17(3,18-13)11-8-6-5-7-9-11/h5-9,18H,4H2,1-3H3,(H,19,20)/t17-/m0/s1. The van der Waals surface area contributed by atoms with Crippen LogP contribution in [0.2, 0.25) is 0 Å². The van der Waals surface area contributed by atoms with Gasteiger partial charge in [-0.25, -0.2) is 4.79 Å². The number of nitrogens with one attached hydrogen (secondary N) is 2. The molecule has 0 spiro atoms. The molecule has 0 aliphatic carbocycles. The maximum atomic E-state index is 12.6. The minimum atomic E-state index is -0.778. The summed E-state index contributed by atoms with van der Waals surface area (Å²) < 4.78 is 5.12. The summed E-state index contributed by atoms with van der Waals surface area (Å²) in [5.74, 6) is -0.589. The maximum Gasteiger partial charge on any atom is 0.350 e. The van der Waals surface area contributed by atoms with Crippen molar-refractivity contribution in [2.45, 2.75) is 26.4 Å². The van der Waals surface area contributed by atoms with Crippen LogP contribution in [-0.2, 0) is 10.4 Å². The summed E-state index contributed by atoms with van der Waals surface area (Å²) in [4.78, 5) is 26.0. The third-order valence-corrected chi connectivity index (χ3v) is 4.95. The first-order chi connectivity index (χ1) is 11.0. The normalized spacial score (nSPS) is 19.5. The van der Waals surface area contributed by atoms with E-state index in [0.29, 0.717) is 22.7 Å². The quantitative estimate of drug-likeness (QED) is 0.848. The second-order valence-electron chi connectivity index (χ2n) is 5.53. The zero-order valence-corrected chi connectivity index (χ0v) is 14.0. The fourth-order valence-corrected chi connectivity index (χ4v) is 3.76. The van der Waals surface area contributed by atoms with Crippen LogP contribution in [0.4, 0.5) is 5.69 Å². The Kier molecular flexibility index (Phi) is 3.85. The Balaban J connectivity index is 2.08. The lowest BCUT2D eigenvalue weighted by Gasteiger charge is -2.37. The molecule has 0 unspecified atom stereocenters. The lowest BCUT2D eigenvalue weighted by Crippen LogP contribution is -2.53. The van der Waals surface area contributed by atoms with Gasteiger partial charge >= 0.3 is 5.97 Å². The molecule has 2 aromatic rings. The molecule has 6 heteroatoms. The van der Waals surface area contributed by atoms with Crippen LogP contribution in [0.3, 0.4) is 0 Å². The Morgan fingerprint density at radius 2 is 1.96 bits per heavy atom. The van der Waals surface area contributed by atoms with Gasteiger partial charge in [-0.3, -0.25) is 4.79 Å². The summed E-state index contributed by atoms with van der Waals surface area (Å²) in [6, 6.07) is 9.61. The maximum absolute atomic E-state index is 12.6. The second-order valence-corrected chi connectivity index (χ2v) is 6.75. The molecule has 2 N–H and O–H groups in total. The third kappa shape index (κ3) is 2.59. The molecule has 0 radical (unpaired) electrons. The van der Waals surface area contributed by atoms with E-state index in [-0.39, 0.29) is 5.91 Å². The van der Waals surface area contributed by atoms with Crippen LogP contribution in [0.1, 0.15) is 44.3 Å². The molecule has 120 valence electrons. The number of anilines is 1. The van der Waals surface area contributed by atoms with Gasteiger partial charge in [0.15, 0.2) is 0 Å². The monoisotopic (exact) mass is 330 g/mol. The fraction of sp³-hybridized carbons (Fsp3) is 0.294. The van der Waals surface area contributed by atoms with Crippen molar-refractivity contribution < 1.29 is 14.3 Å². The van der Waals surface area contributed by atoms with Crippen molar-refractivity contribution in [2.24, 2.45) is 0 Å². The van der Waals surface area contributed by atoms with Gasteiger partial charge < -0.3 is 15.4 Å². The van der Waals surface area contributed by atoms with Gasteiger partial charge in [-0.2, -0.15) is 0 Å². The number of carbonyl (C=O) groups is 2. The summed E-state index contributed by atoms with van der Waals surface area (Å²) >= 11 is 1.28. The second kappa shape index (κ2) is 5.70. The largest absolute Gasteiger partial charge is 0.462 e. The van der Waals surface area contributed by atoms with E-state index < -0.39 is 11.6 Å². The molecular weight excluding hydrogens is 312 g/mol. The predicted octanol–water partition coefficient (Wildman–Crippen LogP) is 3.26. The van der Waals surface area contributed by atoms with E-state index in [0.717, 1.165) is 10.4 Å². The molecule has 1 aromatic carbocycles. The van der Waals surface area contributed by atoms with Crippen molar-refractivity contribution in [2.75, 3.05) is 11.9 Å². The van der Waals surface area contributed by atoms with Gasteiger partial charge in [-0.15, -0.1) is 11.3 Å². The number of carbonyl (C=O) groups excluding carboxylic acids is 2. The molecule has 0 saturated carbocycles. The van der Waals surface area contributed by atoms with Crippen molar-refractivity contribution in [3.63, 3.8) is 0 Å². The Labute approximate surface area is 138 Å². The lowest BCUT2D eigenvalue weighted by molar-refractivity contribution is 0.0533. The molecule has 0 saturated heterocycles. The Hall–Kier alpha value is -2.34. The predicted molar refractivity (Wildman–Crippen MR) is 89.9 cm³/mol. The first-order valence-corrected chi connectivity index (χ1v) is 8.24. The highest BCUT2D eigenvalue weighted by molar-refractivity contribution is 7.15. The Bertz CT molecular complexity index is 770. The number of aryl methyl sites for hydroxylation is 1. The van der Waals surface area contributed by atoms with Gasteiger partial charge in [0.25, 0.3) is 5.91 Å². The highest BCUT2D eigenvalue weighted by atomic mass is 32.1. The zero-order chi connectivity index (χ0) is 16.6. The topological polar surface area (TPSA) is 67.4 Å². The van der Waals surface area contributed by atoms with Crippen molar-refractivity contribution in [1.29, 1.82) is 0 Å². The van der Waals surface area contributed by atoms with Gasteiger partial charge in [-0.05, 0) is 26.3 Å². The Morgan fingerprint density at radius 3 is 2.61 bits per heavy atom. The number of benzene rings is 1. The lowest BCUT2D eigenvalue weighted by atomic mass is 9.96. The number of hydrogen-bond acceptors (Lipinski definition) is 5. The smallest absolute Gasteiger partial charge is 0.350 e. The first-order valence-electron chi connectivity index (χ1n) is 7.43. The molecule has 1 aliphatic rings. The van der Waals surface area contributed by atoms with E-state index in [1.54, 1.807) is 6.92 Å². The van der Waals surface area contributed by atoms with Gasteiger partial charge in [0, 0.05) is 4.88 Å². The zero-order valence-electron chi connectivity index (χ0n) is 13.2. The van der Waals surface area contributed by atoms with Gasteiger partial charge in [0.05, 0.1) is 17.9 Å². The molecular formula is C17H18N2O3S. The van der Waals surface area contributed by atoms with Crippen LogP contribution in [0.15, 0.2) is 30.3 Å². The summed E-state index contributed by atoms with van der Waals surface area (Å²) in [5, 5.41) is 6.32. The number of esters is 1. The molecule has 1 atom stereocenters. The highest BCUT2D eigenvalue weighted by Crippen LogP contribution is 2.40. The third-order valence-electron chi connectivity index (χ3n) is 3.86. The van der Waals surface area contributed by atoms with Crippen molar-refractivity contribution >= 4 is 28.9 Å². The van der Waals surface area contributed by atoms with Crippen LogP contribution in [-0.4, -0.2) is 18.5 Å². The minimum Gasteiger partial charge on any atom is -0.462 e. The number of thiophene rings is 1. The average Bonchev–Trinajstić information content (AvgIpc) is 2.85. The van der Waals surface area contributed by atoms with E-state index in [1.165, 1.54) is 11.3 Å². The van der Waals surface area contributed by atoms with E-state index in [1.807, 2.05) is 44.2 Å². The van der Waals surface area contributed by atoms with Gasteiger partial charge in [-0.1, -0.05) is 30.3 Å². The average molecular weight is 330 g/mol. The molecule has 1 amide bonds. The van der Waals surface area contributed by atoms with Crippen LogP contribution < -0.4 is 10.6 Å². The molecule has 0 bridgehead atoms. The first kappa shape index (κ1) is 15.6. The number of fused-ring (bicyclic) bond motifs is 1. The van der Waals surface area contributed by atoms with E-state index in [4.69, 9.17) is 4.74 Å². The fourth-order valence-electron chi connectivity index (χ4n) is 2.76. The van der Waals surface area contributed by atoms with E-state index in [9.17, 15) is 9.59 Å². The van der Waals surface area contributed by atoms with Crippen LogP contribution in [0, 0.1) is 6.92 Å². The summed E-state index contributed by atoms with van der Waals surface area (Å²) in [7, 11) is 0. The van der Waals surface area contributed by atoms with E-state index in [2.05, 4.69) is 10.6 Å². The van der Waals surface area contributed by atoms with Crippen molar-refractivity contribution in [1.82, 2.24) is 5.32 Å². The van der Waals surface area contributed by atoms with Crippen LogP contribution in [0.5, 0.6) is 0 Å². The molecule has 0 fully saturated rings. The molecule has 1 aromatic heterocycles. The summed E-state index contributed by atoms with van der Waals surface area (Å²) in [5.41, 5.74) is 1.21.